The van der Waals surface area contributed by atoms with Crippen molar-refractivity contribution >= 4 is 45.5 Å². The Kier molecular flexibility index (Phi) is 6.81. The molecule has 0 amide bonds. The monoisotopic (exact) mass is 419 g/mol. The molecule has 0 spiro atoms. The summed E-state index contributed by atoms with van der Waals surface area (Å²) in [4.78, 5) is 0. The molecule has 1 aromatic heterocycles. The van der Waals surface area contributed by atoms with Gasteiger partial charge in [-0.15, -0.1) is 0 Å². The van der Waals surface area contributed by atoms with Crippen molar-refractivity contribution in [2.45, 2.75) is 32.2 Å². The zero-order valence-electron chi connectivity index (χ0n) is 11.5. The minimum Gasteiger partial charge on any atom is -0.310 e. The molecule has 0 radical (unpaired) electrons. The van der Waals surface area contributed by atoms with E-state index in [9.17, 15) is 0 Å². The standard InChI is InChI=1S/C16H19ClINS/c1-2-8-19-16(6-3-12-7-9-20-11-12)14-10-13(17)4-5-15(14)18/h4-5,7,9-11,16,19H,2-3,6,8H2,1H3. The minimum absolute atomic E-state index is 0.375. The Morgan fingerprint density at radius 2 is 2.20 bits per heavy atom. The van der Waals surface area contributed by atoms with Crippen molar-refractivity contribution in [1.29, 1.82) is 0 Å². The van der Waals surface area contributed by atoms with Gasteiger partial charge in [0, 0.05) is 14.6 Å². The molecule has 0 aliphatic rings. The molecule has 1 unspecified atom stereocenters. The topological polar surface area (TPSA) is 12.0 Å². The van der Waals surface area contributed by atoms with Crippen molar-refractivity contribution in [3.05, 3.63) is 54.7 Å². The first-order valence-corrected chi connectivity index (χ1v) is 9.30. The third kappa shape index (κ3) is 4.72. The van der Waals surface area contributed by atoms with Crippen molar-refractivity contribution < 1.29 is 0 Å². The number of hydrogen-bond acceptors (Lipinski definition) is 2. The highest BCUT2D eigenvalue weighted by molar-refractivity contribution is 14.1. The molecule has 0 saturated heterocycles. The average Bonchev–Trinajstić information content (AvgIpc) is 2.95. The average molecular weight is 420 g/mol. The van der Waals surface area contributed by atoms with Gasteiger partial charge in [0.25, 0.3) is 0 Å². The molecule has 0 aliphatic carbocycles. The SMILES string of the molecule is CCCNC(CCc1ccsc1)c1cc(Cl)ccc1I. The summed E-state index contributed by atoms with van der Waals surface area (Å²) in [5.41, 5.74) is 2.75. The molecule has 0 fully saturated rings. The van der Waals surface area contributed by atoms with E-state index in [0.29, 0.717) is 6.04 Å². The largest absolute Gasteiger partial charge is 0.310 e. The molecule has 0 aliphatic heterocycles. The van der Waals surface area contributed by atoms with Crippen LogP contribution in [0, 0.1) is 3.57 Å². The summed E-state index contributed by atoms with van der Waals surface area (Å²) in [6.45, 7) is 3.24. The number of aryl methyl sites for hydroxylation is 1. The summed E-state index contributed by atoms with van der Waals surface area (Å²) < 4.78 is 1.28. The summed E-state index contributed by atoms with van der Waals surface area (Å²) >= 11 is 10.3. The van der Waals surface area contributed by atoms with Gasteiger partial charge in [-0.25, -0.2) is 0 Å². The van der Waals surface area contributed by atoms with Gasteiger partial charge >= 0.3 is 0 Å². The summed E-state index contributed by atoms with van der Waals surface area (Å²) in [7, 11) is 0. The lowest BCUT2D eigenvalue weighted by atomic mass is 10.00. The third-order valence-corrected chi connectivity index (χ3v) is 5.23. The molecule has 1 atom stereocenters. The molecule has 1 N–H and O–H groups in total. The van der Waals surface area contributed by atoms with E-state index in [1.165, 1.54) is 14.7 Å². The summed E-state index contributed by atoms with van der Waals surface area (Å²) in [6, 6.07) is 8.75. The van der Waals surface area contributed by atoms with Gasteiger partial charge in [0.2, 0.25) is 0 Å². The van der Waals surface area contributed by atoms with Crippen molar-refractivity contribution in [2.75, 3.05) is 6.54 Å². The Balaban J connectivity index is 2.11. The van der Waals surface area contributed by atoms with Crippen molar-refractivity contribution in [1.82, 2.24) is 5.32 Å². The molecule has 108 valence electrons. The van der Waals surface area contributed by atoms with E-state index in [4.69, 9.17) is 11.6 Å². The Hall–Kier alpha value is -0.100. The van der Waals surface area contributed by atoms with Crippen LogP contribution < -0.4 is 5.32 Å². The van der Waals surface area contributed by atoms with E-state index >= 15 is 0 Å². The highest BCUT2D eigenvalue weighted by Crippen LogP contribution is 2.27. The van der Waals surface area contributed by atoms with Crippen LogP contribution >= 0.6 is 45.5 Å². The van der Waals surface area contributed by atoms with E-state index in [0.717, 1.165) is 30.8 Å². The number of hydrogen-bond donors (Lipinski definition) is 1. The van der Waals surface area contributed by atoms with Gasteiger partial charge < -0.3 is 5.32 Å². The smallest absolute Gasteiger partial charge is 0.0410 e. The van der Waals surface area contributed by atoms with E-state index in [1.54, 1.807) is 11.3 Å². The quantitative estimate of drug-likeness (QED) is 0.569. The maximum absolute atomic E-state index is 6.17. The van der Waals surface area contributed by atoms with E-state index in [1.807, 2.05) is 6.07 Å². The fourth-order valence-electron chi connectivity index (χ4n) is 2.21. The molecule has 4 heteroatoms. The van der Waals surface area contributed by atoms with Gasteiger partial charge in [-0.2, -0.15) is 11.3 Å². The van der Waals surface area contributed by atoms with Crippen LogP contribution in [0.2, 0.25) is 5.02 Å². The fourth-order valence-corrected chi connectivity index (χ4v) is 3.81. The van der Waals surface area contributed by atoms with Crippen molar-refractivity contribution in [3.63, 3.8) is 0 Å². The van der Waals surface area contributed by atoms with Gasteiger partial charge in [-0.3, -0.25) is 0 Å². The van der Waals surface area contributed by atoms with Gasteiger partial charge in [0.15, 0.2) is 0 Å². The van der Waals surface area contributed by atoms with Gasteiger partial charge in [-0.05, 0) is 94.6 Å². The van der Waals surface area contributed by atoms with Crippen LogP contribution in [0.4, 0.5) is 0 Å². The van der Waals surface area contributed by atoms with Crippen LogP contribution in [-0.4, -0.2) is 6.54 Å². The molecule has 1 aromatic carbocycles. The first-order chi connectivity index (χ1) is 9.70. The summed E-state index contributed by atoms with van der Waals surface area (Å²) in [5, 5.41) is 8.86. The number of nitrogens with one attached hydrogen (secondary N) is 1. The van der Waals surface area contributed by atoms with Gasteiger partial charge in [0.05, 0.1) is 0 Å². The maximum Gasteiger partial charge on any atom is 0.0410 e. The Morgan fingerprint density at radius 3 is 2.90 bits per heavy atom. The van der Waals surface area contributed by atoms with Crippen LogP contribution in [0.25, 0.3) is 0 Å². The molecule has 0 bridgehead atoms. The second kappa shape index (κ2) is 8.37. The maximum atomic E-state index is 6.17. The number of benzene rings is 1. The molecule has 1 nitrogen and oxygen atoms in total. The highest BCUT2D eigenvalue weighted by Gasteiger charge is 2.14. The number of thiophene rings is 1. The van der Waals surface area contributed by atoms with Crippen LogP contribution in [0.5, 0.6) is 0 Å². The predicted octanol–water partition coefficient (Wildman–Crippen LogP) is 5.68. The normalized spacial score (nSPS) is 12.6. The van der Waals surface area contributed by atoms with Gasteiger partial charge in [-0.1, -0.05) is 18.5 Å². The highest BCUT2D eigenvalue weighted by atomic mass is 127. The molecule has 2 rings (SSSR count). The lowest BCUT2D eigenvalue weighted by molar-refractivity contribution is 0.498. The first-order valence-electron chi connectivity index (χ1n) is 6.90. The summed E-state index contributed by atoms with van der Waals surface area (Å²) in [6.07, 6.45) is 3.35. The van der Waals surface area contributed by atoms with Crippen LogP contribution in [0.3, 0.4) is 0 Å². The summed E-state index contributed by atoms with van der Waals surface area (Å²) in [5.74, 6) is 0. The Morgan fingerprint density at radius 1 is 1.35 bits per heavy atom. The molecular formula is C16H19ClINS. The lowest BCUT2D eigenvalue weighted by Gasteiger charge is -2.20. The number of halogens is 2. The minimum atomic E-state index is 0.375. The van der Waals surface area contributed by atoms with E-state index in [-0.39, 0.29) is 0 Å². The van der Waals surface area contributed by atoms with Gasteiger partial charge in [0.1, 0.15) is 0 Å². The number of rotatable bonds is 7. The molecule has 20 heavy (non-hydrogen) atoms. The zero-order valence-corrected chi connectivity index (χ0v) is 15.3. The molecule has 1 heterocycles. The van der Waals surface area contributed by atoms with Crippen LogP contribution in [0.15, 0.2) is 35.0 Å². The van der Waals surface area contributed by atoms with Crippen molar-refractivity contribution in [2.24, 2.45) is 0 Å². The third-order valence-electron chi connectivity index (χ3n) is 3.28. The second-order valence-electron chi connectivity index (χ2n) is 4.84. The van der Waals surface area contributed by atoms with Crippen LogP contribution in [0.1, 0.15) is 36.9 Å². The second-order valence-corrected chi connectivity index (χ2v) is 7.22. The zero-order chi connectivity index (χ0) is 14.4. The molecule has 2 aromatic rings. The Labute approximate surface area is 143 Å². The van der Waals surface area contributed by atoms with E-state index in [2.05, 4.69) is 63.8 Å². The fraction of sp³-hybridized carbons (Fsp3) is 0.375. The van der Waals surface area contributed by atoms with Crippen LogP contribution in [-0.2, 0) is 6.42 Å². The predicted molar refractivity (Wildman–Crippen MR) is 97.8 cm³/mol. The van der Waals surface area contributed by atoms with Crippen molar-refractivity contribution in [3.8, 4) is 0 Å². The first kappa shape index (κ1) is 16.3. The van der Waals surface area contributed by atoms with E-state index < -0.39 is 0 Å². The Bertz CT molecular complexity index is 527. The molecular weight excluding hydrogens is 401 g/mol. The molecule has 0 saturated carbocycles. The lowest BCUT2D eigenvalue weighted by Crippen LogP contribution is -2.23.